The van der Waals surface area contributed by atoms with Crippen LogP contribution in [0.1, 0.15) is 30.0 Å². The van der Waals surface area contributed by atoms with E-state index in [9.17, 15) is 9.90 Å². The molecule has 1 aromatic carbocycles. The largest absolute Gasteiger partial charge is 0.396 e. The van der Waals surface area contributed by atoms with Gasteiger partial charge in [0.25, 0.3) is 0 Å². The highest BCUT2D eigenvalue weighted by Gasteiger charge is 2.22. The lowest BCUT2D eigenvalue weighted by Gasteiger charge is -2.29. The van der Waals surface area contributed by atoms with Crippen LogP contribution in [0.4, 0.5) is 5.69 Å². The van der Waals surface area contributed by atoms with Crippen LogP contribution in [0.25, 0.3) is 0 Å². The lowest BCUT2D eigenvalue weighted by molar-refractivity contribution is -0.118. The summed E-state index contributed by atoms with van der Waals surface area (Å²) < 4.78 is 0. The van der Waals surface area contributed by atoms with Gasteiger partial charge >= 0.3 is 0 Å². The first-order valence-electron chi connectivity index (χ1n) is 6.71. The molecule has 1 N–H and O–H groups in total. The van der Waals surface area contributed by atoms with E-state index in [4.69, 9.17) is 0 Å². The summed E-state index contributed by atoms with van der Waals surface area (Å²) in [6.45, 7) is 0.179. The lowest BCUT2D eigenvalue weighted by atomic mass is 9.95. The second kappa shape index (κ2) is 5.72. The van der Waals surface area contributed by atoms with E-state index in [2.05, 4.69) is 17.0 Å². The molecule has 0 radical (unpaired) electrons. The van der Waals surface area contributed by atoms with Crippen LogP contribution in [0.2, 0.25) is 0 Å². The van der Waals surface area contributed by atoms with Gasteiger partial charge in [0.1, 0.15) is 0 Å². The fourth-order valence-corrected chi connectivity index (χ4v) is 2.73. The smallest absolute Gasteiger partial charge is 0.227 e. The highest BCUT2D eigenvalue weighted by atomic mass is 16.3. The van der Waals surface area contributed by atoms with E-state index >= 15 is 0 Å². The number of aliphatic hydroxyl groups is 1. The third-order valence-corrected chi connectivity index (χ3v) is 3.86. The van der Waals surface area contributed by atoms with Crippen LogP contribution in [0.15, 0.2) is 18.2 Å². The molecule has 0 bridgehead atoms. The van der Waals surface area contributed by atoms with Crippen LogP contribution in [0, 0.1) is 0 Å². The number of nitrogens with zero attached hydrogens (tertiary/aromatic N) is 2. The lowest BCUT2D eigenvalue weighted by Crippen LogP contribution is -2.31. The van der Waals surface area contributed by atoms with Crippen molar-refractivity contribution in [3.8, 4) is 0 Å². The van der Waals surface area contributed by atoms with Gasteiger partial charge in [0, 0.05) is 31.8 Å². The van der Waals surface area contributed by atoms with Gasteiger partial charge in [-0.2, -0.15) is 0 Å². The zero-order chi connectivity index (χ0) is 14.0. The van der Waals surface area contributed by atoms with Crippen molar-refractivity contribution in [3.63, 3.8) is 0 Å². The fraction of sp³-hybridized carbons (Fsp3) is 0.533. The molecule has 0 aromatic heterocycles. The van der Waals surface area contributed by atoms with Crippen LogP contribution in [-0.2, 0) is 11.2 Å². The van der Waals surface area contributed by atoms with Gasteiger partial charge in [0.05, 0.1) is 0 Å². The topological polar surface area (TPSA) is 43.8 Å². The van der Waals surface area contributed by atoms with E-state index in [-0.39, 0.29) is 18.6 Å². The average molecular weight is 262 g/mol. The molecule has 2 rings (SSSR count). The summed E-state index contributed by atoms with van der Waals surface area (Å²) in [5.41, 5.74) is 3.45. The quantitative estimate of drug-likeness (QED) is 0.896. The van der Waals surface area contributed by atoms with Crippen LogP contribution in [-0.4, -0.2) is 43.7 Å². The predicted molar refractivity (Wildman–Crippen MR) is 76.3 cm³/mol. The Balaban J connectivity index is 2.32. The SMILES string of the molecule is CN1C(=O)CCc2cc(C(CCO)N(C)C)ccc21. The van der Waals surface area contributed by atoms with Crippen LogP contribution in [0.5, 0.6) is 0 Å². The summed E-state index contributed by atoms with van der Waals surface area (Å²) in [5.74, 6) is 0.180. The molecule has 1 unspecified atom stereocenters. The summed E-state index contributed by atoms with van der Waals surface area (Å²) in [5, 5.41) is 9.18. The van der Waals surface area contributed by atoms with E-state index in [0.29, 0.717) is 6.42 Å². The second-order valence-electron chi connectivity index (χ2n) is 5.33. The number of aryl methyl sites for hydroxylation is 1. The van der Waals surface area contributed by atoms with Crippen molar-refractivity contribution >= 4 is 11.6 Å². The molecule has 1 aliphatic heterocycles. The molecule has 104 valence electrons. The van der Waals surface area contributed by atoms with Crippen molar-refractivity contribution in [2.24, 2.45) is 0 Å². The Morgan fingerprint density at radius 1 is 1.37 bits per heavy atom. The summed E-state index contributed by atoms with van der Waals surface area (Å²) in [6.07, 6.45) is 2.12. The number of benzene rings is 1. The van der Waals surface area contributed by atoms with Crippen molar-refractivity contribution in [2.45, 2.75) is 25.3 Å². The van der Waals surface area contributed by atoms with Gasteiger partial charge in [0.15, 0.2) is 0 Å². The zero-order valence-corrected chi connectivity index (χ0v) is 11.9. The van der Waals surface area contributed by atoms with Gasteiger partial charge in [-0.05, 0) is 44.1 Å². The van der Waals surface area contributed by atoms with E-state index in [1.165, 1.54) is 11.1 Å². The van der Waals surface area contributed by atoms with Crippen molar-refractivity contribution in [1.82, 2.24) is 4.90 Å². The minimum atomic E-state index is 0.179. The maximum atomic E-state index is 11.7. The van der Waals surface area contributed by atoms with Gasteiger partial charge < -0.3 is 14.9 Å². The van der Waals surface area contributed by atoms with E-state index in [1.807, 2.05) is 27.2 Å². The molecule has 0 aliphatic carbocycles. The normalized spacial score (nSPS) is 16.7. The molecule has 1 atom stereocenters. The maximum absolute atomic E-state index is 11.7. The third-order valence-electron chi connectivity index (χ3n) is 3.86. The highest BCUT2D eigenvalue weighted by molar-refractivity contribution is 5.95. The number of anilines is 1. The number of carbonyl (C=O) groups is 1. The minimum absolute atomic E-state index is 0.179. The molecular weight excluding hydrogens is 240 g/mol. The first-order chi connectivity index (χ1) is 9.04. The maximum Gasteiger partial charge on any atom is 0.227 e. The van der Waals surface area contributed by atoms with E-state index in [1.54, 1.807) is 4.90 Å². The number of hydrogen-bond donors (Lipinski definition) is 1. The fourth-order valence-electron chi connectivity index (χ4n) is 2.73. The minimum Gasteiger partial charge on any atom is -0.396 e. The molecule has 0 fully saturated rings. The van der Waals surface area contributed by atoms with Gasteiger partial charge in [-0.1, -0.05) is 12.1 Å². The van der Waals surface area contributed by atoms with Crippen molar-refractivity contribution in [2.75, 3.05) is 32.6 Å². The van der Waals surface area contributed by atoms with Gasteiger partial charge in [-0.25, -0.2) is 0 Å². The van der Waals surface area contributed by atoms with Gasteiger partial charge in [-0.3, -0.25) is 4.79 Å². The first kappa shape index (κ1) is 14.0. The Labute approximate surface area is 114 Å². The van der Waals surface area contributed by atoms with Crippen LogP contribution in [0.3, 0.4) is 0 Å². The molecule has 0 saturated heterocycles. The molecule has 0 spiro atoms. The van der Waals surface area contributed by atoms with Crippen molar-refractivity contribution < 1.29 is 9.90 Å². The molecule has 19 heavy (non-hydrogen) atoms. The molecule has 4 heteroatoms. The number of amides is 1. The van der Waals surface area contributed by atoms with Crippen molar-refractivity contribution in [1.29, 1.82) is 0 Å². The Morgan fingerprint density at radius 3 is 2.74 bits per heavy atom. The summed E-state index contributed by atoms with van der Waals surface area (Å²) in [7, 11) is 5.88. The Morgan fingerprint density at radius 2 is 2.11 bits per heavy atom. The second-order valence-corrected chi connectivity index (χ2v) is 5.33. The Hall–Kier alpha value is -1.39. The highest BCUT2D eigenvalue weighted by Crippen LogP contribution is 2.31. The first-order valence-corrected chi connectivity index (χ1v) is 6.71. The monoisotopic (exact) mass is 262 g/mol. The van der Waals surface area contributed by atoms with E-state index < -0.39 is 0 Å². The van der Waals surface area contributed by atoms with Gasteiger partial charge in [-0.15, -0.1) is 0 Å². The van der Waals surface area contributed by atoms with Crippen molar-refractivity contribution in [3.05, 3.63) is 29.3 Å². The number of hydrogen-bond acceptors (Lipinski definition) is 3. The number of rotatable bonds is 4. The molecule has 1 aliphatic rings. The standard InChI is InChI=1S/C15H22N2O2/c1-16(2)13(8-9-18)11-4-6-14-12(10-11)5-7-15(19)17(14)3/h4,6,10,13,18H,5,7-9H2,1-3H3. The summed E-state index contributed by atoms with van der Waals surface area (Å²) in [4.78, 5) is 15.5. The molecule has 1 aromatic rings. The molecular formula is C15H22N2O2. The molecule has 0 saturated carbocycles. The van der Waals surface area contributed by atoms with Gasteiger partial charge in [0.2, 0.25) is 5.91 Å². The van der Waals surface area contributed by atoms with Crippen LogP contribution >= 0.6 is 0 Å². The number of aliphatic hydroxyl groups excluding tert-OH is 1. The number of carbonyl (C=O) groups excluding carboxylic acids is 1. The number of fused-ring (bicyclic) bond motifs is 1. The average Bonchev–Trinajstić information content (AvgIpc) is 2.39. The third kappa shape index (κ3) is 2.80. The summed E-state index contributed by atoms with van der Waals surface area (Å²) in [6, 6.07) is 6.49. The zero-order valence-electron chi connectivity index (χ0n) is 11.9. The molecule has 4 nitrogen and oxygen atoms in total. The molecule has 1 amide bonds. The Kier molecular flexibility index (Phi) is 4.22. The van der Waals surface area contributed by atoms with Crippen LogP contribution < -0.4 is 4.90 Å². The summed E-state index contributed by atoms with van der Waals surface area (Å²) >= 11 is 0. The molecule has 1 heterocycles. The predicted octanol–water partition coefficient (Wildman–Crippen LogP) is 1.58. The Bertz CT molecular complexity index is 471. The van der Waals surface area contributed by atoms with E-state index in [0.717, 1.165) is 18.5 Å².